The molecule has 1 rings (SSSR count). The van der Waals surface area contributed by atoms with E-state index in [9.17, 15) is 23.6 Å². The van der Waals surface area contributed by atoms with Gasteiger partial charge in [0.1, 0.15) is 0 Å². The van der Waals surface area contributed by atoms with Crippen LogP contribution in [-0.4, -0.2) is 43.0 Å². The first-order chi connectivity index (χ1) is 9.20. The summed E-state index contributed by atoms with van der Waals surface area (Å²) in [6, 6.07) is 3.74. The van der Waals surface area contributed by atoms with Crippen LogP contribution in [0.4, 0.5) is 5.69 Å². The van der Waals surface area contributed by atoms with E-state index in [0.29, 0.717) is 12.0 Å². The number of nitro groups is 1. The van der Waals surface area contributed by atoms with Crippen molar-refractivity contribution in [2.75, 3.05) is 14.1 Å². The van der Waals surface area contributed by atoms with E-state index >= 15 is 0 Å². The highest BCUT2D eigenvalue weighted by molar-refractivity contribution is 7.89. The van der Waals surface area contributed by atoms with Gasteiger partial charge in [-0.1, -0.05) is 13.0 Å². The van der Waals surface area contributed by atoms with Crippen molar-refractivity contribution in [1.82, 2.24) is 4.31 Å². The van der Waals surface area contributed by atoms with Crippen molar-refractivity contribution in [3.8, 4) is 0 Å². The Morgan fingerprint density at radius 3 is 2.45 bits per heavy atom. The fraction of sp³-hybridized carbons (Fsp3) is 0.500. The molecule has 0 aliphatic rings. The maximum absolute atomic E-state index is 12.0. The minimum absolute atomic E-state index is 0.120. The van der Waals surface area contributed by atoms with Gasteiger partial charge in [-0.05, 0) is 12.5 Å². The molecule has 1 aromatic carbocycles. The number of sulfonamides is 1. The van der Waals surface area contributed by atoms with Gasteiger partial charge in [0.2, 0.25) is 10.0 Å². The summed E-state index contributed by atoms with van der Waals surface area (Å²) in [6.07, 6.45) is -0.103. The summed E-state index contributed by atoms with van der Waals surface area (Å²) in [6.45, 7) is 1.77. The Bertz CT molecular complexity index is 598. The molecule has 8 heteroatoms. The van der Waals surface area contributed by atoms with Crippen LogP contribution in [0.3, 0.4) is 0 Å². The van der Waals surface area contributed by atoms with Gasteiger partial charge in [-0.15, -0.1) is 0 Å². The molecule has 0 aromatic heterocycles. The average Bonchev–Trinajstić information content (AvgIpc) is 2.38. The molecule has 0 radical (unpaired) electrons. The Hall–Kier alpha value is -1.51. The lowest BCUT2D eigenvalue weighted by Gasteiger charge is -2.13. The predicted molar refractivity (Wildman–Crippen MR) is 74.0 cm³/mol. The van der Waals surface area contributed by atoms with E-state index < -0.39 is 21.1 Å². The first-order valence-corrected chi connectivity index (χ1v) is 7.52. The Balaban J connectivity index is 3.31. The molecule has 1 N–H and O–H groups in total. The maximum Gasteiger partial charge on any atom is 0.274 e. The van der Waals surface area contributed by atoms with E-state index in [4.69, 9.17) is 0 Å². The maximum atomic E-state index is 12.0. The molecule has 0 saturated carbocycles. The summed E-state index contributed by atoms with van der Waals surface area (Å²) >= 11 is 0. The lowest BCUT2D eigenvalue weighted by Crippen LogP contribution is -2.22. The molecule has 0 aliphatic carbocycles. The van der Waals surface area contributed by atoms with Crippen LogP contribution < -0.4 is 0 Å². The first kappa shape index (κ1) is 16.5. The van der Waals surface area contributed by atoms with Crippen molar-refractivity contribution in [3.05, 3.63) is 33.9 Å². The van der Waals surface area contributed by atoms with Crippen molar-refractivity contribution in [1.29, 1.82) is 0 Å². The standard InChI is InChI=1S/C12H18N2O5S/c1-4-10(15)7-9-5-6-11(8-12(9)14(16)17)20(18,19)13(2)3/h5-6,8,10,15H,4,7H2,1-3H3. The molecule has 0 bridgehead atoms. The third-order valence-electron chi connectivity index (χ3n) is 2.96. The normalized spacial score (nSPS) is 13.4. The molecule has 0 aliphatic heterocycles. The molecule has 0 saturated heterocycles. The Morgan fingerprint density at radius 2 is 2.00 bits per heavy atom. The number of hydrogen-bond donors (Lipinski definition) is 1. The fourth-order valence-electron chi connectivity index (χ4n) is 1.66. The molecule has 0 fully saturated rings. The zero-order valence-corrected chi connectivity index (χ0v) is 12.4. The topological polar surface area (TPSA) is 101 Å². The molecule has 7 nitrogen and oxygen atoms in total. The quantitative estimate of drug-likeness (QED) is 0.627. The Kier molecular flexibility index (Phi) is 5.21. The minimum atomic E-state index is -3.72. The average molecular weight is 302 g/mol. The van der Waals surface area contributed by atoms with Gasteiger partial charge in [0.15, 0.2) is 0 Å². The summed E-state index contributed by atoms with van der Waals surface area (Å²) < 4.78 is 24.9. The summed E-state index contributed by atoms with van der Waals surface area (Å²) in [5, 5.41) is 20.6. The van der Waals surface area contributed by atoms with Gasteiger partial charge in [-0.3, -0.25) is 10.1 Å². The lowest BCUT2D eigenvalue weighted by atomic mass is 10.0. The fourth-order valence-corrected chi connectivity index (χ4v) is 2.58. The molecule has 1 atom stereocenters. The highest BCUT2D eigenvalue weighted by Gasteiger charge is 2.23. The number of hydrogen-bond acceptors (Lipinski definition) is 5. The third-order valence-corrected chi connectivity index (χ3v) is 4.77. The molecule has 1 unspecified atom stereocenters. The molecule has 1 aromatic rings. The van der Waals surface area contributed by atoms with E-state index in [1.807, 2.05) is 0 Å². The smallest absolute Gasteiger partial charge is 0.274 e. The molecule has 112 valence electrons. The van der Waals surface area contributed by atoms with Gasteiger partial charge in [0.05, 0.1) is 15.9 Å². The van der Waals surface area contributed by atoms with Crippen molar-refractivity contribution in [3.63, 3.8) is 0 Å². The van der Waals surface area contributed by atoms with Crippen LogP contribution in [0.25, 0.3) is 0 Å². The van der Waals surface area contributed by atoms with E-state index in [2.05, 4.69) is 0 Å². The number of nitro benzene ring substituents is 1. The molecule has 0 heterocycles. The molecule has 0 amide bonds. The lowest BCUT2D eigenvalue weighted by molar-refractivity contribution is -0.385. The van der Waals surface area contributed by atoms with Gasteiger partial charge >= 0.3 is 0 Å². The predicted octanol–water partition coefficient (Wildman–Crippen LogP) is 1.16. The number of rotatable bonds is 6. The van der Waals surface area contributed by atoms with Gasteiger partial charge < -0.3 is 5.11 Å². The van der Waals surface area contributed by atoms with Gasteiger partial charge in [-0.25, -0.2) is 12.7 Å². The Morgan fingerprint density at radius 1 is 1.40 bits per heavy atom. The summed E-state index contributed by atoms with van der Waals surface area (Å²) in [4.78, 5) is 10.3. The number of nitrogens with zero attached hydrogens (tertiary/aromatic N) is 2. The largest absolute Gasteiger partial charge is 0.393 e. The summed E-state index contributed by atoms with van der Waals surface area (Å²) in [7, 11) is -1.00. The molecule has 20 heavy (non-hydrogen) atoms. The van der Waals surface area contributed by atoms with E-state index in [-0.39, 0.29) is 17.0 Å². The molecular weight excluding hydrogens is 284 g/mol. The second kappa shape index (κ2) is 6.29. The number of aliphatic hydroxyl groups excluding tert-OH is 1. The minimum Gasteiger partial charge on any atom is -0.393 e. The van der Waals surface area contributed by atoms with Crippen LogP contribution in [0.5, 0.6) is 0 Å². The number of benzene rings is 1. The van der Waals surface area contributed by atoms with Crippen molar-refractivity contribution in [2.45, 2.75) is 30.8 Å². The monoisotopic (exact) mass is 302 g/mol. The van der Waals surface area contributed by atoms with Crippen molar-refractivity contribution < 1.29 is 18.4 Å². The third kappa shape index (κ3) is 3.53. The highest BCUT2D eigenvalue weighted by Crippen LogP contribution is 2.25. The van der Waals surface area contributed by atoms with Crippen LogP contribution >= 0.6 is 0 Å². The molecular formula is C12H18N2O5S. The van der Waals surface area contributed by atoms with Gasteiger partial charge in [0, 0.05) is 32.1 Å². The van der Waals surface area contributed by atoms with Crippen LogP contribution in [0, 0.1) is 10.1 Å². The van der Waals surface area contributed by atoms with Crippen LogP contribution in [0.2, 0.25) is 0 Å². The first-order valence-electron chi connectivity index (χ1n) is 6.08. The van der Waals surface area contributed by atoms with E-state index in [0.717, 1.165) is 10.4 Å². The van der Waals surface area contributed by atoms with Crippen molar-refractivity contribution >= 4 is 15.7 Å². The van der Waals surface area contributed by atoms with Crippen LogP contribution in [-0.2, 0) is 16.4 Å². The zero-order valence-electron chi connectivity index (χ0n) is 11.6. The SMILES string of the molecule is CCC(O)Cc1ccc(S(=O)(=O)N(C)C)cc1[N+](=O)[O-]. The zero-order chi connectivity index (χ0) is 15.5. The second-order valence-corrected chi connectivity index (χ2v) is 6.75. The van der Waals surface area contributed by atoms with E-state index in [1.165, 1.54) is 26.2 Å². The summed E-state index contributed by atoms with van der Waals surface area (Å²) in [5.74, 6) is 0. The second-order valence-electron chi connectivity index (χ2n) is 4.60. The van der Waals surface area contributed by atoms with Gasteiger partial charge in [-0.2, -0.15) is 0 Å². The van der Waals surface area contributed by atoms with Crippen LogP contribution in [0.1, 0.15) is 18.9 Å². The summed E-state index contributed by atoms with van der Waals surface area (Å²) in [5.41, 5.74) is 0.0301. The van der Waals surface area contributed by atoms with Crippen LogP contribution in [0.15, 0.2) is 23.1 Å². The highest BCUT2D eigenvalue weighted by atomic mass is 32.2. The number of aliphatic hydroxyl groups is 1. The Labute approximate surface area is 118 Å². The van der Waals surface area contributed by atoms with E-state index in [1.54, 1.807) is 6.92 Å². The van der Waals surface area contributed by atoms with Crippen molar-refractivity contribution in [2.24, 2.45) is 0 Å². The van der Waals surface area contributed by atoms with Gasteiger partial charge in [0.25, 0.3) is 5.69 Å². The molecule has 0 spiro atoms.